The molecule has 0 spiro atoms. The van der Waals surface area contributed by atoms with Gasteiger partial charge in [-0.15, -0.1) is 0 Å². The Bertz CT molecular complexity index is 158. The van der Waals surface area contributed by atoms with Crippen LogP contribution in [-0.4, -0.2) is 0 Å². The summed E-state index contributed by atoms with van der Waals surface area (Å²) in [5.74, 6) is 2.05. The van der Waals surface area contributed by atoms with Crippen LogP contribution in [0.2, 0.25) is 0 Å². The molecule has 0 N–H and O–H groups in total. The lowest BCUT2D eigenvalue weighted by molar-refractivity contribution is 0.468. The molecule has 0 amide bonds. The molecule has 0 saturated heterocycles. The summed E-state index contributed by atoms with van der Waals surface area (Å²) in [6.45, 7) is 0. The third kappa shape index (κ3) is 2.21. The third-order valence-corrected chi connectivity index (χ3v) is 2.69. The molecule has 0 aromatic rings. The molecule has 1 saturated carbocycles. The summed E-state index contributed by atoms with van der Waals surface area (Å²) >= 11 is 0. The SMILES string of the molecule is C1=CCC(CC2CC2)CC=C1. The Balaban J connectivity index is 1.82. The van der Waals surface area contributed by atoms with E-state index in [-0.39, 0.29) is 0 Å². The van der Waals surface area contributed by atoms with E-state index in [4.69, 9.17) is 0 Å². The average molecular weight is 148 g/mol. The predicted octanol–water partition coefficient (Wildman–Crippen LogP) is 3.31. The first-order valence-electron chi connectivity index (χ1n) is 4.77. The number of hydrogen-bond donors (Lipinski definition) is 0. The molecule has 0 unspecified atom stereocenters. The van der Waals surface area contributed by atoms with Gasteiger partial charge in [-0.05, 0) is 31.1 Å². The Morgan fingerprint density at radius 3 is 2.09 bits per heavy atom. The second-order valence-corrected chi connectivity index (χ2v) is 3.87. The molecule has 0 radical (unpaired) electrons. The van der Waals surface area contributed by atoms with Gasteiger partial charge in [0, 0.05) is 0 Å². The van der Waals surface area contributed by atoms with Gasteiger partial charge in [0.15, 0.2) is 0 Å². The van der Waals surface area contributed by atoms with Crippen molar-refractivity contribution in [3.05, 3.63) is 24.3 Å². The van der Waals surface area contributed by atoms with Crippen LogP contribution in [0.1, 0.15) is 32.1 Å². The van der Waals surface area contributed by atoms with Gasteiger partial charge in [-0.2, -0.15) is 0 Å². The van der Waals surface area contributed by atoms with E-state index in [1.54, 1.807) is 0 Å². The zero-order valence-electron chi connectivity index (χ0n) is 7.00. The van der Waals surface area contributed by atoms with Crippen LogP contribution in [0.5, 0.6) is 0 Å². The van der Waals surface area contributed by atoms with Crippen molar-refractivity contribution < 1.29 is 0 Å². The minimum Gasteiger partial charge on any atom is -0.0843 e. The van der Waals surface area contributed by atoms with Crippen molar-refractivity contribution in [3.63, 3.8) is 0 Å². The van der Waals surface area contributed by atoms with Gasteiger partial charge in [0.1, 0.15) is 0 Å². The molecule has 2 rings (SSSR count). The molecule has 0 aliphatic heterocycles. The molecule has 0 heteroatoms. The molecular weight excluding hydrogens is 132 g/mol. The van der Waals surface area contributed by atoms with Crippen molar-refractivity contribution in [3.8, 4) is 0 Å². The normalized spacial score (nSPS) is 25.5. The molecule has 0 bridgehead atoms. The van der Waals surface area contributed by atoms with Gasteiger partial charge in [0.2, 0.25) is 0 Å². The monoisotopic (exact) mass is 148 g/mol. The lowest BCUT2D eigenvalue weighted by Crippen LogP contribution is -1.97. The smallest absolute Gasteiger partial charge is 0.0316 e. The summed E-state index contributed by atoms with van der Waals surface area (Å²) in [4.78, 5) is 0. The van der Waals surface area contributed by atoms with Crippen molar-refractivity contribution in [1.29, 1.82) is 0 Å². The molecule has 2 aliphatic rings. The van der Waals surface area contributed by atoms with E-state index in [2.05, 4.69) is 24.3 Å². The summed E-state index contributed by atoms with van der Waals surface area (Å²) in [5, 5.41) is 0. The molecule has 11 heavy (non-hydrogen) atoms. The maximum Gasteiger partial charge on any atom is -0.0316 e. The highest BCUT2D eigenvalue weighted by molar-refractivity contribution is 5.06. The van der Waals surface area contributed by atoms with Gasteiger partial charge in [-0.3, -0.25) is 0 Å². The van der Waals surface area contributed by atoms with Crippen LogP contribution in [0.4, 0.5) is 0 Å². The molecule has 0 atom stereocenters. The Hall–Kier alpha value is -0.520. The van der Waals surface area contributed by atoms with Crippen molar-refractivity contribution >= 4 is 0 Å². The Morgan fingerprint density at radius 2 is 1.55 bits per heavy atom. The van der Waals surface area contributed by atoms with Gasteiger partial charge in [0.25, 0.3) is 0 Å². The molecule has 0 nitrogen and oxygen atoms in total. The Kier molecular flexibility index (Phi) is 2.11. The first-order chi connectivity index (χ1) is 5.45. The lowest BCUT2D eigenvalue weighted by Gasteiger charge is -2.10. The average Bonchev–Trinajstić information content (AvgIpc) is 2.77. The zero-order valence-corrected chi connectivity index (χ0v) is 7.00. The number of rotatable bonds is 2. The van der Waals surface area contributed by atoms with Crippen molar-refractivity contribution in [2.24, 2.45) is 11.8 Å². The minimum absolute atomic E-state index is 0.956. The highest BCUT2D eigenvalue weighted by Crippen LogP contribution is 2.37. The van der Waals surface area contributed by atoms with Crippen LogP contribution >= 0.6 is 0 Å². The fourth-order valence-electron chi connectivity index (χ4n) is 1.81. The van der Waals surface area contributed by atoms with Crippen LogP contribution in [0.25, 0.3) is 0 Å². The van der Waals surface area contributed by atoms with Gasteiger partial charge < -0.3 is 0 Å². The lowest BCUT2D eigenvalue weighted by atomic mass is 9.96. The molecule has 0 aromatic heterocycles. The maximum atomic E-state index is 2.32. The van der Waals surface area contributed by atoms with Crippen LogP contribution in [0.15, 0.2) is 24.3 Å². The fourth-order valence-corrected chi connectivity index (χ4v) is 1.81. The summed E-state index contributed by atoms with van der Waals surface area (Å²) in [7, 11) is 0. The molecular formula is C11H16. The van der Waals surface area contributed by atoms with Crippen molar-refractivity contribution in [2.75, 3.05) is 0 Å². The molecule has 60 valence electrons. The summed E-state index contributed by atoms with van der Waals surface area (Å²) in [5.41, 5.74) is 0. The quantitative estimate of drug-likeness (QED) is 0.563. The van der Waals surface area contributed by atoms with E-state index in [9.17, 15) is 0 Å². The molecule has 2 aliphatic carbocycles. The maximum absolute atomic E-state index is 2.32. The highest BCUT2D eigenvalue weighted by Gasteiger charge is 2.24. The zero-order chi connectivity index (χ0) is 7.52. The standard InChI is InChI=1S/C11H16/c1-2-4-6-10(5-3-1)9-11-7-8-11/h1-4,10-11H,5-9H2. The van der Waals surface area contributed by atoms with Crippen LogP contribution in [0, 0.1) is 11.8 Å². The second kappa shape index (κ2) is 3.25. The fraction of sp³-hybridized carbons (Fsp3) is 0.636. The van der Waals surface area contributed by atoms with Crippen LogP contribution in [0.3, 0.4) is 0 Å². The van der Waals surface area contributed by atoms with E-state index in [1.165, 1.54) is 32.1 Å². The molecule has 1 fully saturated rings. The van der Waals surface area contributed by atoms with E-state index < -0.39 is 0 Å². The Labute approximate surface area is 69.0 Å². The van der Waals surface area contributed by atoms with Crippen LogP contribution in [-0.2, 0) is 0 Å². The second-order valence-electron chi connectivity index (χ2n) is 3.87. The van der Waals surface area contributed by atoms with Crippen molar-refractivity contribution in [2.45, 2.75) is 32.1 Å². The van der Waals surface area contributed by atoms with Gasteiger partial charge in [-0.1, -0.05) is 37.1 Å². The third-order valence-electron chi connectivity index (χ3n) is 2.69. The molecule has 0 aromatic carbocycles. The van der Waals surface area contributed by atoms with E-state index in [0.717, 1.165) is 11.8 Å². The minimum atomic E-state index is 0.956. The topological polar surface area (TPSA) is 0 Å². The van der Waals surface area contributed by atoms with Crippen LogP contribution < -0.4 is 0 Å². The first-order valence-corrected chi connectivity index (χ1v) is 4.77. The number of hydrogen-bond acceptors (Lipinski definition) is 0. The van der Waals surface area contributed by atoms with Gasteiger partial charge in [0.05, 0.1) is 0 Å². The summed E-state index contributed by atoms with van der Waals surface area (Å²) in [6.07, 6.45) is 16.1. The van der Waals surface area contributed by atoms with Gasteiger partial charge >= 0.3 is 0 Å². The first kappa shape index (κ1) is 7.15. The van der Waals surface area contributed by atoms with Gasteiger partial charge in [-0.25, -0.2) is 0 Å². The highest BCUT2D eigenvalue weighted by atomic mass is 14.3. The number of allylic oxidation sites excluding steroid dienone is 4. The van der Waals surface area contributed by atoms with E-state index >= 15 is 0 Å². The summed E-state index contributed by atoms with van der Waals surface area (Å²) < 4.78 is 0. The largest absolute Gasteiger partial charge is 0.0843 e. The Morgan fingerprint density at radius 1 is 0.909 bits per heavy atom. The van der Waals surface area contributed by atoms with E-state index in [1.807, 2.05) is 0 Å². The summed E-state index contributed by atoms with van der Waals surface area (Å²) in [6, 6.07) is 0. The predicted molar refractivity (Wildman–Crippen MR) is 48.3 cm³/mol. The van der Waals surface area contributed by atoms with Crippen molar-refractivity contribution in [1.82, 2.24) is 0 Å². The van der Waals surface area contributed by atoms with E-state index in [0.29, 0.717) is 0 Å². The molecule has 0 heterocycles.